The van der Waals surface area contributed by atoms with Gasteiger partial charge < -0.3 is 18.5 Å². The number of halogens is 6. The Labute approximate surface area is 238 Å². The van der Waals surface area contributed by atoms with Crippen LogP contribution in [-0.4, -0.2) is 19.4 Å². The summed E-state index contributed by atoms with van der Waals surface area (Å²) in [4.78, 5) is 49.2. The van der Waals surface area contributed by atoms with E-state index in [9.17, 15) is 45.5 Å². The zero-order valence-electron chi connectivity index (χ0n) is 21.6. The zero-order valence-corrected chi connectivity index (χ0v) is 21.6. The highest BCUT2D eigenvalue weighted by Crippen LogP contribution is 2.38. The Kier molecular flexibility index (Phi) is 7.58. The van der Waals surface area contributed by atoms with E-state index in [2.05, 4.69) is 9.05 Å². The second-order valence-corrected chi connectivity index (χ2v) is 9.00. The monoisotopic (exact) mass is 626 g/mol. The summed E-state index contributed by atoms with van der Waals surface area (Å²) in [6.07, 6.45) is -9.77. The molecule has 230 valence electrons. The molecule has 2 aromatic heterocycles. The second kappa shape index (κ2) is 11.2. The molecule has 5 aromatic rings. The van der Waals surface area contributed by atoms with Gasteiger partial charge in [-0.15, -0.1) is 9.48 Å². The van der Waals surface area contributed by atoms with Gasteiger partial charge in [0.2, 0.25) is 0 Å². The first kappa shape index (κ1) is 29.8. The minimum Gasteiger partial charge on any atom is -0.457 e. The molecule has 0 bridgehead atoms. The fourth-order valence-corrected chi connectivity index (χ4v) is 4.06. The molecule has 0 fully saturated rings. The smallest absolute Gasteiger partial charge is 0.440 e. The molecule has 12 nitrogen and oxygen atoms in total. The summed E-state index contributed by atoms with van der Waals surface area (Å²) in [5.41, 5.74) is -5.25. The third kappa shape index (κ3) is 6.69. The Bertz CT molecular complexity index is 1920. The third-order valence-electron chi connectivity index (χ3n) is 5.94. The molecule has 18 heteroatoms. The van der Waals surface area contributed by atoms with Gasteiger partial charge in [-0.1, -0.05) is 18.2 Å². The number of rotatable bonds is 8. The first-order valence-corrected chi connectivity index (χ1v) is 12.1. The van der Waals surface area contributed by atoms with E-state index in [-0.39, 0.29) is 23.0 Å². The average Bonchev–Trinajstić information content (AvgIpc) is 3.42. The van der Waals surface area contributed by atoms with E-state index in [1.54, 1.807) is 9.97 Å². The van der Waals surface area contributed by atoms with Gasteiger partial charge in [-0.3, -0.25) is 0 Å². The summed E-state index contributed by atoms with van der Waals surface area (Å²) in [6.45, 7) is -1.41. The summed E-state index contributed by atoms with van der Waals surface area (Å²) in [5.74, 6) is -2.91. The molecule has 3 aromatic carbocycles. The molecule has 0 radical (unpaired) electrons. The minimum absolute atomic E-state index is 0.0363. The highest BCUT2D eigenvalue weighted by molar-refractivity contribution is 5.44. The Morgan fingerprint density at radius 2 is 0.977 bits per heavy atom. The fraction of sp³-hybridized carbons (Fsp3) is 0.154. The normalized spacial score (nSPS) is 12.0. The molecule has 0 aliphatic heterocycles. The standard InChI is InChI=1S/C26H16F6N4O8/c27-25(28,29)19-9-17(6-4-13(19)11-35-21(37)33-23(39)43-35)41-15-2-1-3-16(8-15)42-18-7-5-14(20(10-18)26(30,31)32)12-36-22(38)34-24(40)44-36/h1-10H,11-12H2,(H,33,37,39)(H,34,38,40). The topological polar surface area (TPSA) is 154 Å². The van der Waals surface area contributed by atoms with Gasteiger partial charge in [-0.05, 0) is 47.5 Å². The summed E-state index contributed by atoms with van der Waals surface area (Å²) < 4.78 is 104. The number of nitrogens with zero attached hydrogens (tertiary/aromatic N) is 2. The van der Waals surface area contributed by atoms with Gasteiger partial charge in [0.05, 0.1) is 24.2 Å². The van der Waals surface area contributed by atoms with E-state index in [4.69, 9.17) is 9.47 Å². The van der Waals surface area contributed by atoms with Crippen LogP contribution in [0.4, 0.5) is 26.3 Å². The maximum atomic E-state index is 13.8. The van der Waals surface area contributed by atoms with Crippen molar-refractivity contribution in [3.05, 3.63) is 125 Å². The number of aromatic nitrogens is 4. The van der Waals surface area contributed by atoms with E-state index in [1.807, 2.05) is 0 Å². The molecule has 0 saturated heterocycles. The lowest BCUT2D eigenvalue weighted by molar-refractivity contribution is -0.139. The van der Waals surface area contributed by atoms with Crippen molar-refractivity contribution in [2.24, 2.45) is 0 Å². The van der Waals surface area contributed by atoms with Crippen LogP contribution in [0.3, 0.4) is 0 Å². The molecule has 2 N–H and O–H groups in total. The first-order valence-electron chi connectivity index (χ1n) is 12.1. The Morgan fingerprint density at radius 1 is 0.591 bits per heavy atom. The molecular formula is C26H16F6N4O8. The quantitative estimate of drug-likeness (QED) is 0.242. The van der Waals surface area contributed by atoms with Crippen molar-refractivity contribution in [2.75, 3.05) is 0 Å². The van der Waals surface area contributed by atoms with Gasteiger partial charge in [0.15, 0.2) is 0 Å². The van der Waals surface area contributed by atoms with Crippen molar-refractivity contribution in [3.63, 3.8) is 0 Å². The zero-order chi connectivity index (χ0) is 31.8. The molecule has 0 unspecified atom stereocenters. The predicted molar refractivity (Wildman–Crippen MR) is 135 cm³/mol. The first-order chi connectivity index (χ1) is 20.7. The highest BCUT2D eigenvalue weighted by Gasteiger charge is 2.35. The van der Waals surface area contributed by atoms with E-state index in [0.717, 1.165) is 12.1 Å². The van der Waals surface area contributed by atoms with Crippen LogP contribution in [0.25, 0.3) is 0 Å². The molecule has 0 spiro atoms. The van der Waals surface area contributed by atoms with Crippen LogP contribution in [0.5, 0.6) is 23.0 Å². The van der Waals surface area contributed by atoms with E-state index in [0.29, 0.717) is 21.6 Å². The van der Waals surface area contributed by atoms with E-state index >= 15 is 0 Å². The van der Waals surface area contributed by atoms with Gasteiger partial charge in [0.1, 0.15) is 23.0 Å². The van der Waals surface area contributed by atoms with Gasteiger partial charge >= 0.3 is 35.2 Å². The second-order valence-electron chi connectivity index (χ2n) is 9.00. The lowest BCUT2D eigenvalue weighted by Crippen LogP contribution is -2.19. The van der Waals surface area contributed by atoms with Crippen LogP contribution in [0.1, 0.15) is 22.3 Å². The Morgan fingerprint density at radius 3 is 1.32 bits per heavy atom. The number of ether oxygens (including phenoxy) is 2. The lowest BCUT2D eigenvalue weighted by atomic mass is 10.1. The van der Waals surface area contributed by atoms with Crippen LogP contribution < -0.4 is 32.4 Å². The Balaban J connectivity index is 1.38. The minimum atomic E-state index is -4.89. The summed E-state index contributed by atoms with van der Waals surface area (Å²) >= 11 is 0. The van der Waals surface area contributed by atoms with Gasteiger partial charge in [-0.2, -0.15) is 26.3 Å². The van der Waals surface area contributed by atoms with Gasteiger partial charge in [0, 0.05) is 6.07 Å². The number of hydrogen-bond acceptors (Lipinski definition) is 8. The number of aromatic amines is 2. The molecule has 0 aliphatic rings. The molecule has 0 aliphatic carbocycles. The fourth-order valence-electron chi connectivity index (χ4n) is 4.06. The molecule has 44 heavy (non-hydrogen) atoms. The molecular weight excluding hydrogens is 610 g/mol. The van der Waals surface area contributed by atoms with Crippen molar-refractivity contribution in [3.8, 4) is 23.0 Å². The summed E-state index contributed by atoms with van der Waals surface area (Å²) in [5, 5.41) is 0. The van der Waals surface area contributed by atoms with Crippen molar-refractivity contribution in [2.45, 2.75) is 25.4 Å². The van der Waals surface area contributed by atoms with Crippen molar-refractivity contribution < 1.29 is 44.9 Å². The predicted octanol–water partition coefficient (Wildman–Crippen LogP) is 4.29. The van der Waals surface area contributed by atoms with Crippen molar-refractivity contribution in [1.29, 1.82) is 0 Å². The maximum Gasteiger partial charge on any atom is 0.440 e. The van der Waals surface area contributed by atoms with Crippen molar-refractivity contribution >= 4 is 0 Å². The van der Waals surface area contributed by atoms with E-state index in [1.165, 1.54) is 36.4 Å². The average molecular weight is 626 g/mol. The van der Waals surface area contributed by atoms with Crippen LogP contribution in [-0.2, 0) is 25.4 Å². The Hall–Kier alpha value is -5.68. The van der Waals surface area contributed by atoms with Crippen LogP contribution >= 0.6 is 0 Å². The molecule has 0 amide bonds. The molecule has 0 saturated carbocycles. The van der Waals surface area contributed by atoms with Gasteiger partial charge in [-0.25, -0.2) is 29.1 Å². The van der Waals surface area contributed by atoms with Crippen LogP contribution in [0, 0.1) is 0 Å². The van der Waals surface area contributed by atoms with Crippen molar-refractivity contribution in [1.82, 2.24) is 19.4 Å². The largest absolute Gasteiger partial charge is 0.457 e. The number of H-pyrrole nitrogens is 2. The number of hydrogen-bond donors (Lipinski definition) is 2. The summed E-state index contributed by atoms with van der Waals surface area (Å²) in [7, 11) is 0. The highest BCUT2D eigenvalue weighted by atomic mass is 19.4. The van der Waals surface area contributed by atoms with E-state index < -0.39 is 70.6 Å². The SMILES string of the molecule is O=c1[nH]c(=O)n(Cc2ccc(Oc3cccc(Oc4ccc(Cn5oc(=O)[nH]c5=O)c(C(F)(F)F)c4)c3)cc2C(F)(F)F)o1. The maximum absolute atomic E-state index is 13.8. The van der Waals surface area contributed by atoms with Crippen LogP contribution in [0.2, 0.25) is 0 Å². The van der Waals surface area contributed by atoms with Gasteiger partial charge in [0.25, 0.3) is 0 Å². The molecule has 5 rings (SSSR count). The molecule has 2 heterocycles. The lowest BCUT2D eigenvalue weighted by Gasteiger charge is -2.16. The molecule has 0 atom stereocenters. The number of benzene rings is 3. The van der Waals surface area contributed by atoms with Crippen LogP contribution in [0.15, 0.2) is 88.9 Å². The summed E-state index contributed by atoms with van der Waals surface area (Å²) in [6, 6.07) is 11.0. The third-order valence-corrected chi connectivity index (χ3v) is 5.94. The number of nitrogens with one attached hydrogen (secondary N) is 2. The number of alkyl halides is 6.